The van der Waals surface area contributed by atoms with Crippen LogP contribution < -0.4 is 5.32 Å². The Hall–Kier alpha value is -2.91. The van der Waals surface area contributed by atoms with E-state index in [0.717, 1.165) is 18.4 Å². The number of likely N-dealkylation sites (tertiary alicyclic amines) is 1. The van der Waals surface area contributed by atoms with Crippen LogP contribution in [0.15, 0.2) is 47.6 Å². The average Bonchev–Trinajstić information content (AvgIpc) is 3.46. The second-order valence-corrected chi connectivity index (χ2v) is 9.42. The van der Waals surface area contributed by atoms with Crippen molar-refractivity contribution in [2.45, 2.75) is 44.4 Å². The topological polar surface area (TPSA) is 80.1 Å². The minimum Gasteiger partial charge on any atom is -0.328 e. The van der Waals surface area contributed by atoms with Crippen LogP contribution in [0.25, 0.3) is 0 Å². The van der Waals surface area contributed by atoms with Gasteiger partial charge in [-0.1, -0.05) is 29.4 Å². The van der Waals surface area contributed by atoms with Gasteiger partial charge in [0, 0.05) is 29.4 Å². The van der Waals surface area contributed by atoms with Gasteiger partial charge < -0.3 is 14.8 Å². The van der Waals surface area contributed by atoms with Crippen LogP contribution in [-0.4, -0.2) is 43.8 Å². The molecular formula is C24H25ClFN5O2S. The molecule has 1 aliphatic heterocycles. The fourth-order valence-electron chi connectivity index (χ4n) is 4.03. The van der Waals surface area contributed by atoms with Crippen molar-refractivity contribution in [3.05, 3.63) is 70.3 Å². The summed E-state index contributed by atoms with van der Waals surface area (Å²) >= 11 is 7.22. The molecule has 1 aromatic heterocycles. The maximum Gasteiger partial charge on any atom is 0.254 e. The Morgan fingerprint density at radius 3 is 2.71 bits per heavy atom. The Bertz CT molecular complexity index is 1200. The number of amides is 2. The largest absolute Gasteiger partial charge is 0.328 e. The normalized spacial score (nSPS) is 15.5. The zero-order valence-electron chi connectivity index (χ0n) is 18.9. The molecule has 0 radical (unpaired) electrons. The molecule has 3 aromatic rings. The first kappa shape index (κ1) is 24.2. The summed E-state index contributed by atoms with van der Waals surface area (Å²) in [5.74, 6) is 0.0890. The van der Waals surface area contributed by atoms with Gasteiger partial charge in [0.25, 0.3) is 5.91 Å². The predicted molar refractivity (Wildman–Crippen MR) is 131 cm³/mol. The fraction of sp³-hybridized carbons (Fsp3) is 0.333. The lowest BCUT2D eigenvalue weighted by Gasteiger charge is -2.24. The van der Waals surface area contributed by atoms with Crippen LogP contribution in [0.2, 0.25) is 5.02 Å². The highest BCUT2D eigenvalue weighted by atomic mass is 35.5. The van der Waals surface area contributed by atoms with Gasteiger partial charge >= 0.3 is 0 Å². The maximum atomic E-state index is 13.5. The summed E-state index contributed by atoms with van der Waals surface area (Å²) in [6.07, 6.45) is 1.67. The summed E-state index contributed by atoms with van der Waals surface area (Å²) in [4.78, 5) is 27.4. The van der Waals surface area contributed by atoms with Gasteiger partial charge in [0.15, 0.2) is 11.0 Å². The monoisotopic (exact) mass is 501 g/mol. The minimum absolute atomic E-state index is 0.0659. The number of aryl methyl sites for hydroxylation is 1. The number of hydrogen-bond donors (Lipinski definition) is 1. The molecule has 0 spiro atoms. The third-order valence-corrected chi connectivity index (χ3v) is 6.99. The summed E-state index contributed by atoms with van der Waals surface area (Å²) in [7, 11) is 0. The zero-order valence-corrected chi connectivity index (χ0v) is 20.5. The summed E-state index contributed by atoms with van der Waals surface area (Å²) in [5, 5.41) is 12.6. The van der Waals surface area contributed by atoms with Crippen molar-refractivity contribution >= 4 is 40.9 Å². The number of carbonyl (C=O) groups excluding carboxylic acids is 2. The van der Waals surface area contributed by atoms with E-state index in [1.54, 1.807) is 37.3 Å². The number of anilines is 1. The van der Waals surface area contributed by atoms with Crippen molar-refractivity contribution in [3.8, 4) is 0 Å². The smallest absolute Gasteiger partial charge is 0.254 e. The third kappa shape index (κ3) is 5.26. The number of carbonyl (C=O) groups is 2. The molecule has 2 heterocycles. The highest BCUT2D eigenvalue weighted by Gasteiger charge is 2.34. The molecule has 1 fully saturated rings. The van der Waals surface area contributed by atoms with E-state index in [1.165, 1.54) is 23.9 Å². The Labute approximate surface area is 206 Å². The lowest BCUT2D eigenvalue weighted by Crippen LogP contribution is -2.32. The van der Waals surface area contributed by atoms with Gasteiger partial charge in [0.1, 0.15) is 5.82 Å². The summed E-state index contributed by atoms with van der Waals surface area (Å²) in [6.45, 7) is 5.03. The van der Waals surface area contributed by atoms with E-state index in [0.29, 0.717) is 40.3 Å². The average molecular weight is 502 g/mol. The van der Waals surface area contributed by atoms with Crippen LogP contribution in [0.5, 0.6) is 0 Å². The Balaban J connectivity index is 1.46. The van der Waals surface area contributed by atoms with Gasteiger partial charge in [-0.05, 0) is 68.7 Å². The molecule has 1 unspecified atom stereocenters. The number of nitrogens with zero attached hydrogens (tertiary/aromatic N) is 4. The van der Waals surface area contributed by atoms with Crippen molar-refractivity contribution in [1.29, 1.82) is 0 Å². The molecule has 1 N–H and O–H groups in total. The van der Waals surface area contributed by atoms with Gasteiger partial charge in [0.05, 0.1) is 11.8 Å². The van der Waals surface area contributed by atoms with Gasteiger partial charge in [-0.3, -0.25) is 9.59 Å². The highest BCUT2D eigenvalue weighted by molar-refractivity contribution is 7.99. The molecule has 1 saturated heterocycles. The van der Waals surface area contributed by atoms with Crippen molar-refractivity contribution < 1.29 is 14.0 Å². The van der Waals surface area contributed by atoms with E-state index in [-0.39, 0.29) is 23.6 Å². The summed E-state index contributed by atoms with van der Waals surface area (Å²) in [5.41, 5.74) is 1.81. The van der Waals surface area contributed by atoms with E-state index in [1.807, 2.05) is 16.4 Å². The number of halogens is 2. The molecule has 1 aliphatic rings. The van der Waals surface area contributed by atoms with Gasteiger partial charge in [0.2, 0.25) is 5.91 Å². The number of hydrogen-bond acceptors (Lipinski definition) is 5. The van der Waals surface area contributed by atoms with Crippen molar-refractivity contribution in [2.75, 3.05) is 17.6 Å². The number of benzene rings is 2. The maximum absolute atomic E-state index is 13.5. The minimum atomic E-state index is -0.404. The highest BCUT2D eigenvalue weighted by Crippen LogP contribution is 2.34. The van der Waals surface area contributed by atoms with Crippen LogP contribution in [0.3, 0.4) is 0 Å². The quantitative estimate of drug-likeness (QED) is 0.455. The lowest BCUT2D eigenvalue weighted by molar-refractivity contribution is -0.113. The van der Waals surface area contributed by atoms with E-state index >= 15 is 0 Å². The van der Waals surface area contributed by atoms with Gasteiger partial charge in [-0.25, -0.2) is 4.39 Å². The van der Waals surface area contributed by atoms with Gasteiger partial charge in [-0.15, -0.1) is 10.2 Å². The fourth-order valence-corrected chi connectivity index (χ4v) is 4.97. The number of aromatic nitrogens is 3. The second-order valence-electron chi connectivity index (χ2n) is 8.04. The molecule has 0 saturated carbocycles. The first-order chi connectivity index (χ1) is 16.4. The van der Waals surface area contributed by atoms with Crippen molar-refractivity contribution in [1.82, 2.24) is 19.7 Å². The number of thioether (sulfide) groups is 1. The van der Waals surface area contributed by atoms with Crippen LogP contribution in [0.1, 0.15) is 47.6 Å². The van der Waals surface area contributed by atoms with E-state index in [4.69, 9.17) is 11.6 Å². The Morgan fingerprint density at radius 1 is 1.21 bits per heavy atom. The van der Waals surface area contributed by atoms with Crippen LogP contribution >= 0.6 is 23.4 Å². The first-order valence-electron chi connectivity index (χ1n) is 11.1. The molecule has 34 heavy (non-hydrogen) atoms. The molecule has 2 amide bonds. The molecule has 2 aromatic carbocycles. The molecule has 178 valence electrons. The molecule has 4 rings (SSSR count). The zero-order chi connectivity index (χ0) is 24.2. The summed E-state index contributed by atoms with van der Waals surface area (Å²) < 4.78 is 15.4. The molecule has 10 heteroatoms. The van der Waals surface area contributed by atoms with E-state index in [2.05, 4.69) is 15.5 Å². The van der Waals surface area contributed by atoms with Crippen molar-refractivity contribution in [2.24, 2.45) is 0 Å². The van der Waals surface area contributed by atoms with Crippen molar-refractivity contribution in [3.63, 3.8) is 0 Å². The van der Waals surface area contributed by atoms with Crippen LogP contribution in [0.4, 0.5) is 10.1 Å². The Kier molecular flexibility index (Phi) is 7.53. The van der Waals surface area contributed by atoms with Gasteiger partial charge in [-0.2, -0.15) is 0 Å². The Morgan fingerprint density at radius 2 is 1.97 bits per heavy atom. The third-order valence-electron chi connectivity index (χ3n) is 5.77. The molecule has 0 aliphatic carbocycles. The van der Waals surface area contributed by atoms with Crippen LogP contribution in [0, 0.1) is 12.7 Å². The van der Waals surface area contributed by atoms with E-state index < -0.39 is 5.82 Å². The standard InChI is InChI=1S/C24H25ClFN5O2S/c1-3-30-22(20-5-4-12-31(20)23(33)16-7-9-17(25)10-8-16)28-29-24(30)34-14-21(32)27-19-13-18(26)11-6-15(19)2/h6-11,13,20H,3-5,12,14H2,1-2H3,(H,27,32). The molecule has 0 bridgehead atoms. The first-order valence-corrected chi connectivity index (χ1v) is 12.4. The summed E-state index contributed by atoms with van der Waals surface area (Å²) in [6, 6.07) is 11.0. The number of rotatable bonds is 7. The molecule has 7 nitrogen and oxygen atoms in total. The second kappa shape index (κ2) is 10.6. The van der Waals surface area contributed by atoms with Crippen LogP contribution in [-0.2, 0) is 11.3 Å². The molecular weight excluding hydrogens is 477 g/mol. The SMILES string of the molecule is CCn1c(SCC(=O)Nc2cc(F)ccc2C)nnc1C1CCCN1C(=O)c1ccc(Cl)cc1. The predicted octanol–water partition coefficient (Wildman–Crippen LogP) is 5.11. The molecule has 1 atom stereocenters. The lowest BCUT2D eigenvalue weighted by atomic mass is 10.1. The van der Waals surface area contributed by atoms with E-state index in [9.17, 15) is 14.0 Å². The number of nitrogens with one attached hydrogen (secondary N) is 1.